The second-order valence-electron chi connectivity index (χ2n) is 5.62. The minimum absolute atomic E-state index is 0.0382. The lowest BCUT2D eigenvalue weighted by atomic mass is 10.1. The van der Waals surface area contributed by atoms with E-state index in [4.69, 9.17) is 9.47 Å². The predicted octanol–water partition coefficient (Wildman–Crippen LogP) is 0.897. The molecule has 1 aromatic rings. The number of ether oxygens (including phenoxy) is 2. The van der Waals surface area contributed by atoms with Crippen molar-refractivity contribution >= 4 is 15.9 Å². The van der Waals surface area contributed by atoms with Crippen molar-refractivity contribution in [3.05, 3.63) is 18.2 Å². The lowest BCUT2D eigenvalue weighted by Crippen LogP contribution is -2.48. The molecule has 8 heteroatoms. The molecule has 0 saturated carbocycles. The molecular weight excluding hydrogens is 320 g/mol. The number of likely N-dealkylation sites (N-methyl/N-ethyl adjacent to an activating group) is 1. The third-order valence-corrected chi connectivity index (χ3v) is 4.95. The van der Waals surface area contributed by atoms with Crippen LogP contribution in [0.25, 0.3) is 0 Å². The number of fused-ring (bicyclic) bond motifs is 1. The summed E-state index contributed by atoms with van der Waals surface area (Å²) in [7, 11) is -2.38. The topological polar surface area (TPSA) is 93.7 Å². The zero-order valence-electron chi connectivity index (χ0n) is 13.5. The van der Waals surface area contributed by atoms with E-state index in [1.807, 2.05) is 0 Å². The Morgan fingerprint density at radius 2 is 1.83 bits per heavy atom. The quantitative estimate of drug-likeness (QED) is 0.829. The third kappa shape index (κ3) is 4.14. The summed E-state index contributed by atoms with van der Waals surface area (Å²) in [6, 6.07) is 3.59. The molecule has 1 aliphatic heterocycles. The summed E-state index contributed by atoms with van der Waals surface area (Å²) in [5.74, 6) is 0.350. The molecule has 7 nitrogen and oxygen atoms in total. The molecule has 1 aromatic carbocycles. The van der Waals surface area contributed by atoms with E-state index >= 15 is 0 Å². The van der Waals surface area contributed by atoms with Crippen molar-refractivity contribution < 1.29 is 22.7 Å². The molecule has 0 spiro atoms. The highest BCUT2D eigenvalue weighted by atomic mass is 32.2. The van der Waals surface area contributed by atoms with Crippen molar-refractivity contribution in [1.82, 2.24) is 10.0 Å². The van der Waals surface area contributed by atoms with Crippen LogP contribution < -0.4 is 19.5 Å². The summed E-state index contributed by atoms with van der Waals surface area (Å²) in [4.78, 5) is 11.9. The van der Waals surface area contributed by atoms with Gasteiger partial charge >= 0.3 is 0 Å². The van der Waals surface area contributed by atoms with Crippen LogP contribution in [0.15, 0.2) is 23.1 Å². The van der Waals surface area contributed by atoms with E-state index in [0.717, 1.165) is 6.42 Å². The van der Waals surface area contributed by atoms with Crippen LogP contribution in [0.2, 0.25) is 0 Å². The third-order valence-electron chi connectivity index (χ3n) is 3.51. The van der Waals surface area contributed by atoms with Crippen LogP contribution in [0.5, 0.6) is 11.5 Å². The van der Waals surface area contributed by atoms with Crippen molar-refractivity contribution in [3.8, 4) is 11.5 Å². The summed E-state index contributed by atoms with van der Waals surface area (Å²) in [6.45, 7) is 4.55. The summed E-state index contributed by atoms with van der Waals surface area (Å²) >= 11 is 0. The van der Waals surface area contributed by atoms with Crippen LogP contribution in [0, 0.1) is 5.92 Å². The van der Waals surface area contributed by atoms with E-state index in [-0.39, 0.29) is 16.7 Å². The molecular formula is C15H22N2O5S. The Kier molecular flexibility index (Phi) is 5.48. The zero-order valence-corrected chi connectivity index (χ0v) is 14.3. The Balaban J connectivity index is 2.28. The largest absolute Gasteiger partial charge is 0.490 e. The van der Waals surface area contributed by atoms with Gasteiger partial charge in [-0.3, -0.25) is 4.79 Å². The molecule has 2 rings (SSSR count). The van der Waals surface area contributed by atoms with Gasteiger partial charge in [-0.15, -0.1) is 0 Å². The van der Waals surface area contributed by atoms with E-state index in [1.54, 1.807) is 19.9 Å². The van der Waals surface area contributed by atoms with Gasteiger partial charge in [0.05, 0.1) is 18.1 Å². The van der Waals surface area contributed by atoms with Crippen molar-refractivity contribution in [2.75, 3.05) is 20.3 Å². The molecule has 0 fully saturated rings. The highest BCUT2D eigenvalue weighted by molar-refractivity contribution is 7.89. The maximum absolute atomic E-state index is 12.6. The monoisotopic (exact) mass is 342 g/mol. The van der Waals surface area contributed by atoms with Crippen LogP contribution in [-0.2, 0) is 14.8 Å². The zero-order chi connectivity index (χ0) is 17.0. The van der Waals surface area contributed by atoms with Crippen molar-refractivity contribution in [1.29, 1.82) is 0 Å². The molecule has 23 heavy (non-hydrogen) atoms. The molecule has 1 atom stereocenters. The van der Waals surface area contributed by atoms with Crippen LogP contribution >= 0.6 is 0 Å². The Bertz CT molecular complexity index is 672. The molecule has 1 heterocycles. The van der Waals surface area contributed by atoms with Gasteiger partial charge in [-0.2, -0.15) is 4.72 Å². The first-order valence-electron chi connectivity index (χ1n) is 7.48. The highest BCUT2D eigenvalue weighted by Crippen LogP contribution is 2.32. The van der Waals surface area contributed by atoms with Gasteiger partial charge in [0, 0.05) is 19.5 Å². The summed E-state index contributed by atoms with van der Waals surface area (Å²) in [6.07, 6.45) is 0.737. The standard InChI is InChI=1S/C15H22N2O5S/c1-10(2)14(15(18)16-3)17-23(19,20)11-5-6-12-13(9-11)22-8-4-7-21-12/h5-6,9-10,14,17H,4,7-8H2,1-3H3,(H,16,18)/t14-/m0/s1. The highest BCUT2D eigenvalue weighted by Gasteiger charge is 2.28. The van der Waals surface area contributed by atoms with E-state index in [1.165, 1.54) is 19.2 Å². The second kappa shape index (κ2) is 7.18. The Morgan fingerprint density at radius 1 is 1.17 bits per heavy atom. The van der Waals surface area contributed by atoms with Gasteiger partial charge in [0.1, 0.15) is 6.04 Å². The van der Waals surface area contributed by atoms with Gasteiger partial charge in [-0.05, 0) is 18.1 Å². The molecule has 128 valence electrons. The minimum atomic E-state index is -3.85. The van der Waals surface area contributed by atoms with Gasteiger partial charge in [0.25, 0.3) is 0 Å². The maximum atomic E-state index is 12.6. The number of nitrogens with one attached hydrogen (secondary N) is 2. The van der Waals surface area contributed by atoms with Gasteiger partial charge < -0.3 is 14.8 Å². The average Bonchev–Trinajstić information content (AvgIpc) is 2.76. The van der Waals surface area contributed by atoms with Crippen molar-refractivity contribution in [2.24, 2.45) is 5.92 Å². The van der Waals surface area contributed by atoms with E-state index in [9.17, 15) is 13.2 Å². The molecule has 0 unspecified atom stereocenters. The fourth-order valence-corrected chi connectivity index (χ4v) is 3.55. The average molecular weight is 342 g/mol. The number of carbonyl (C=O) groups is 1. The van der Waals surface area contributed by atoms with Crippen molar-refractivity contribution in [3.63, 3.8) is 0 Å². The summed E-state index contributed by atoms with van der Waals surface area (Å²) < 4.78 is 38.5. The normalized spacial score (nSPS) is 15.8. The van der Waals surface area contributed by atoms with E-state index in [2.05, 4.69) is 10.0 Å². The number of hydrogen-bond acceptors (Lipinski definition) is 5. The number of hydrogen-bond donors (Lipinski definition) is 2. The first kappa shape index (κ1) is 17.6. The van der Waals surface area contributed by atoms with E-state index in [0.29, 0.717) is 24.7 Å². The predicted molar refractivity (Wildman–Crippen MR) is 85.1 cm³/mol. The number of sulfonamides is 1. The lowest BCUT2D eigenvalue weighted by Gasteiger charge is -2.21. The maximum Gasteiger partial charge on any atom is 0.241 e. The molecule has 0 aliphatic carbocycles. The Labute approximate surface area is 136 Å². The van der Waals surface area contributed by atoms with Crippen LogP contribution in [0.3, 0.4) is 0 Å². The molecule has 2 N–H and O–H groups in total. The van der Waals surface area contributed by atoms with E-state index < -0.39 is 16.1 Å². The van der Waals surface area contributed by atoms with Gasteiger partial charge in [0.2, 0.25) is 15.9 Å². The van der Waals surface area contributed by atoms with Crippen molar-refractivity contribution in [2.45, 2.75) is 31.2 Å². The Hall–Kier alpha value is -1.80. The number of rotatable bonds is 5. The fraction of sp³-hybridized carbons (Fsp3) is 0.533. The second-order valence-corrected chi connectivity index (χ2v) is 7.33. The molecule has 1 aliphatic rings. The first-order chi connectivity index (χ1) is 10.8. The molecule has 0 saturated heterocycles. The summed E-state index contributed by atoms with van der Waals surface area (Å²) in [5.41, 5.74) is 0. The summed E-state index contributed by atoms with van der Waals surface area (Å²) in [5, 5.41) is 2.47. The number of benzene rings is 1. The first-order valence-corrected chi connectivity index (χ1v) is 8.97. The van der Waals surface area contributed by atoms with Crippen LogP contribution in [-0.4, -0.2) is 40.6 Å². The molecule has 0 aromatic heterocycles. The Morgan fingerprint density at radius 3 is 2.43 bits per heavy atom. The lowest BCUT2D eigenvalue weighted by molar-refractivity contribution is -0.123. The van der Waals surface area contributed by atoms with Crippen LogP contribution in [0.1, 0.15) is 20.3 Å². The van der Waals surface area contributed by atoms with Crippen LogP contribution in [0.4, 0.5) is 0 Å². The number of amides is 1. The van der Waals surface area contributed by atoms with Gasteiger partial charge in [-0.25, -0.2) is 8.42 Å². The van der Waals surface area contributed by atoms with Gasteiger partial charge in [0.15, 0.2) is 11.5 Å². The molecule has 0 radical (unpaired) electrons. The number of carbonyl (C=O) groups excluding carboxylic acids is 1. The molecule has 0 bridgehead atoms. The molecule has 1 amide bonds. The SMILES string of the molecule is CNC(=O)[C@@H](NS(=O)(=O)c1ccc2c(c1)OCCCO2)C(C)C. The fourth-order valence-electron chi connectivity index (χ4n) is 2.19. The minimum Gasteiger partial charge on any atom is -0.490 e. The van der Waals surface area contributed by atoms with Gasteiger partial charge in [-0.1, -0.05) is 13.8 Å². The smallest absolute Gasteiger partial charge is 0.241 e.